The third-order valence-corrected chi connectivity index (χ3v) is 4.80. The molecule has 1 aromatic heterocycles. The molecule has 0 spiro atoms. The SMILES string of the molecule is CS(=O)(=O)Nc1ccc(-n2cnc3cc(-c4ccc(O)cc4)ccc32)cc1. The van der Waals surface area contributed by atoms with E-state index < -0.39 is 10.0 Å². The highest BCUT2D eigenvalue weighted by Gasteiger charge is 2.08. The Bertz CT molecular complexity index is 1210. The molecule has 0 atom stereocenters. The van der Waals surface area contributed by atoms with Crippen LogP contribution in [0.15, 0.2) is 73.1 Å². The minimum absolute atomic E-state index is 0.234. The molecule has 0 aliphatic rings. The summed E-state index contributed by atoms with van der Waals surface area (Å²) in [5.41, 5.74) is 5.20. The molecular formula is C20H17N3O3S. The maximum absolute atomic E-state index is 11.3. The number of sulfonamides is 1. The van der Waals surface area contributed by atoms with E-state index in [-0.39, 0.29) is 5.75 Å². The fourth-order valence-electron chi connectivity index (χ4n) is 2.96. The molecule has 136 valence electrons. The number of nitrogens with zero attached hydrogens (tertiary/aromatic N) is 2. The van der Waals surface area contributed by atoms with Crippen molar-refractivity contribution in [2.24, 2.45) is 0 Å². The average Bonchev–Trinajstić information content (AvgIpc) is 3.05. The Morgan fingerprint density at radius 2 is 1.59 bits per heavy atom. The molecule has 0 aliphatic heterocycles. The van der Waals surface area contributed by atoms with Gasteiger partial charge in [0.05, 0.1) is 17.3 Å². The van der Waals surface area contributed by atoms with Crippen molar-refractivity contribution in [3.63, 3.8) is 0 Å². The smallest absolute Gasteiger partial charge is 0.229 e. The van der Waals surface area contributed by atoms with Crippen LogP contribution in [0.2, 0.25) is 0 Å². The van der Waals surface area contributed by atoms with Crippen LogP contribution in [-0.2, 0) is 10.0 Å². The van der Waals surface area contributed by atoms with Crippen LogP contribution in [-0.4, -0.2) is 29.3 Å². The standard InChI is InChI=1S/C20H17N3O3S/c1-27(25,26)22-16-5-7-17(8-6-16)23-13-21-19-12-15(4-11-20(19)23)14-2-9-18(24)10-3-14/h2-13,22,24H,1H3. The predicted molar refractivity (Wildman–Crippen MR) is 107 cm³/mol. The highest BCUT2D eigenvalue weighted by molar-refractivity contribution is 7.92. The maximum Gasteiger partial charge on any atom is 0.229 e. The number of nitrogens with one attached hydrogen (secondary N) is 1. The van der Waals surface area contributed by atoms with Crippen LogP contribution in [0, 0.1) is 0 Å². The number of rotatable bonds is 4. The van der Waals surface area contributed by atoms with E-state index in [0.717, 1.165) is 34.1 Å². The molecule has 2 N–H and O–H groups in total. The van der Waals surface area contributed by atoms with Gasteiger partial charge in [0, 0.05) is 11.4 Å². The highest BCUT2D eigenvalue weighted by Crippen LogP contribution is 2.27. The van der Waals surface area contributed by atoms with E-state index in [0.29, 0.717) is 5.69 Å². The minimum atomic E-state index is -3.30. The molecule has 0 saturated heterocycles. The lowest BCUT2D eigenvalue weighted by molar-refractivity contribution is 0.475. The molecule has 0 radical (unpaired) electrons. The van der Waals surface area contributed by atoms with E-state index in [2.05, 4.69) is 9.71 Å². The fraction of sp³-hybridized carbons (Fsp3) is 0.0500. The van der Waals surface area contributed by atoms with E-state index in [4.69, 9.17) is 0 Å². The van der Waals surface area contributed by atoms with Crippen LogP contribution in [0.25, 0.3) is 27.8 Å². The summed E-state index contributed by atoms with van der Waals surface area (Å²) in [5, 5.41) is 9.43. The first kappa shape index (κ1) is 17.1. The summed E-state index contributed by atoms with van der Waals surface area (Å²) in [5.74, 6) is 0.234. The molecule has 0 fully saturated rings. The first-order valence-corrected chi connectivity index (χ1v) is 10.1. The fourth-order valence-corrected chi connectivity index (χ4v) is 3.52. The zero-order valence-corrected chi connectivity index (χ0v) is 15.3. The second-order valence-electron chi connectivity index (χ2n) is 6.29. The molecule has 0 amide bonds. The molecule has 7 heteroatoms. The minimum Gasteiger partial charge on any atom is -0.508 e. The van der Waals surface area contributed by atoms with Crippen molar-refractivity contribution in [3.05, 3.63) is 73.1 Å². The Morgan fingerprint density at radius 1 is 0.926 bits per heavy atom. The van der Waals surface area contributed by atoms with E-state index >= 15 is 0 Å². The lowest BCUT2D eigenvalue weighted by Crippen LogP contribution is -2.09. The summed E-state index contributed by atoms with van der Waals surface area (Å²) < 4.78 is 27.0. The zero-order chi connectivity index (χ0) is 19.0. The van der Waals surface area contributed by atoms with Crippen molar-refractivity contribution in [2.45, 2.75) is 0 Å². The molecule has 0 bridgehead atoms. The highest BCUT2D eigenvalue weighted by atomic mass is 32.2. The number of aromatic nitrogens is 2. The number of fused-ring (bicyclic) bond motifs is 1. The molecule has 0 saturated carbocycles. The molecule has 4 rings (SSSR count). The summed E-state index contributed by atoms with van der Waals surface area (Å²) >= 11 is 0. The third kappa shape index (κ3) is 3.63. The van der Waals surface area contributed by atoms with Crippen LogP contribution in [0.1, 0.15) is 0 Å². The molecular weight excluding hydrogens is 362 g/mol. The molecule has 6 nitrogen and oxygen atoms in total. The lowest BCUT2D eigenvalue weighted by atomic mass is 10.1. The summed E-state index contributed by atoms with van der Waals surface area (Å²) in [6.45, 7) is 0. The predicted octanol–water partition coefficient (Wildman–Crippen LogP) is 3.77. The van der Waals surface area contributed by atoms with Crippen molar-refractivity contribution in [1.29, 1.82) is 0 Å². The first-order chi connectivity index (χ1) is 12.9. The average molecular weight is 379 g/mol. The third-order valence-electron chi connectivity index (χ3n) is 4.20. The van der Waals surface area contributed by atoms with Gasteiger partial charge in [-0.1, -0.05) is 18.2 Å². The topological polar surface area (TPSA) is 84.2 Å². The number of phenols is 1. The molecule has 1 heterocycles. The van der Waals surface area contributed by atoms with Gasteiger partial charge >= 0.3 is 0 Å². The van der Waals surface area contributed by atoms with Gasteiger partial charge in [0.1, 0.15) is 12.1 Å². The Hall–Kier alpha value is -3.32. The van der Waals surface area contributed by atoms with E-state index in [1.54, 1.807) is 30.6 Å². The monoisotopic (exact) mass is 379 g/mol. The lowest BCUT2D eigenvalue weighted by Gasteiger charge is -2.08. The second-order valence-corrected chi connectivity index (χ2v) is 8.03. The van der Waals surface area contributed by atoms with Crippen LogP contribution in [0.3, 0.4) is 0 Å². The van der Waals surface area contributed by atoms with E-state index in [1.807, 2.05) is 47.0 Å². The van der Waals surface area contributed by atoms with Crippen LogP contribution in [0.4, 0.5) is 5.69 Å². The van der Waals surface area contributed by atoms with Gasteiger partial charge < -0.3 is 5.11 Å². The summed E-state index contributed by atoms with van der Waals surface area (Å²) in [7, 11) is -3.30. The Balaban J connectivity index is 1.68. The number of phenolic OH excluding ortho intramolecular Hbond substituents is 1. The normalized spacial score (nSPS) is 11.6. The van der Waals surface area contributed by atoms with Gasteiger partial charge in [-0.3, -0.25) is 9.29 Å². The first-order valence-electron chi connectivity index (χ1n) is 8.24. The van der Waals surface area contributed by atoms with Gasteiger partial charge in [-0.15, -0.1) is 0 Å². The second kappa shape index (κ2) is 6.44. The Morgan fingerprint density at radius 3 is 2.26 bits per heavy atom. The number of aromatic hydroxyl groups is 1. The van der Waals surface area contributed by atoms with E-state index in [1.165, 1.54) is 0 Å². The number of hydrogen-bond donors (Lipinski definition) is 2. The number of anilines is 1. The van der Waals surface area contributed by atoms with Crippen molar-refractivity contribution < 1.29 is 13.5 Å². The van der Waals surface area contributed by atoms with Gasteiger partial charge in [0.2, 0.25) is 10.0 Å². The summed E-state index contributed by atoms with van der Waals surface area (Å²) in [4.78, 5) is 4.48. The van der Waals surface area contributed by atoms with Gasteiger partial charge in [-0.05, 0) is 59.7 Å². The summed E-state index contributed by atoms with van der Waals surface area (Å²) in [6.07, 6.45) is 2.86. The van der Waals surface area contributed by atoms with Gasteiger partial charge in [-0.2, -0.15) is 0 Å². The largest absolute Gasteiger partial charge is 0.508 e. The Labute approximate surface area is 156 Å². The zero-order valence-electron chi connectivity index (χ0n) is 14.5. The maximum atomic E-state index is 11.3. The van der Waals surface area contributed by atoms with Crippen molar-refractivity contribution in [3.8, 4) is 22.6 Å². The van der Waals surface area contributed by atoms with Crippen molar-refractivity contribution >= 4 is 26.7 Å². The molecule has 27 heavy (non-hydrogen) atoms. The van der Waals surface area contributed by atoms with Crippen LogP contribution < -0.4 is 4.72 Å². The van der Waals surface area contributed by atoms with Crippen molar-refractivity contribution in [2.75, 3.05) is 11.0 Å². The molecule has 0 unspecified atom stereocenters. The van der Waals surface area contributed by atoms with E-state index in [9.17, 15) is 13.5 Å². The number of benzene rings is 3. The van der Waals surface area contributed by atoms with Gasteiger partial charge in [0.25, 0.3) is 0 Å². The molecule has 0 aliphatic carbocycles. The molecule has 3 aromatic carbocycles. The Kier molecular flexibility index (Phi) is 4.08. The quantitative estimate of drug-likeness (QED) is 0.565. The van der Waals surface area contributed by atoms with Gasteiger partial charge in [0.15, 0.2) is 0 Å². The van der Waals surface area contributed by atoms with Crippen molar-refractivity contribution in [1.82, 2.24) is 9.55 Å². The van der Waals surface area contributed by atoms with Crippen LogP contribution >= 0.6 is 0 Å². The number of hydrogen-bond acceptors (Lipinski definition) is 4. The summed E-state index contributed by atoms with van der Waals surface area (Å²) in [6, 6.07) is 20.1. The molecule has 4 aromatic rings. The number of imidazole rings is 1. The van der Waals surface area contributed by atoms with Gasteiger partial charge in [-0.25, -0.2) is 13.4 Å². The van der Waals surface area contributed by atoms with Crippen LogP contribution in [0.5, 0.6) is 5.75 Å².